The molecule has 0 aliphatic heterocycles. The molecule has 0 aromatic carbocycles. The van der Waals surface area contributed by atoms with Crippen LogP contribution in [0.15, 0.2) is 12.4 Å². The Kier molecular flexibility index (Phi) is 5.62. The molecule has 1 atom stereocenters. The average molecular weight is 284 g/mol. The zero-order valence-corrected chi connectivity index (χ0v) is 11.5. The van der Waals surface area contributed by atoms with Crippen LogP contribution in [0.2, 0.25) is 0 Å². The van der Waals surface area contributed by atoms with E-state index in [1.807, 2.05) is 6.07 Å². The second kappa shape index (κ2) is 6.98. The van der Waals surface area contributed by atoms with Crippen molar-refractivity contribution in [1.29, 1.82) is 5.26 Å². The van der Waals surface area contributed by atoms with Crippen LogP contribution in [0, 0.1) is 11.3 Å². The molecule has 0 saturated carbocycles. The number of nitriles is 1. The van der Waals surface area contributed by atoms with Crippen LogP contribution in [0.1, 0.15) is 5.56 Å². The third kappa shape index (κ3) is 4.78. The highest BCUT2D eigenvalue weighted by molar-refractivity contribution is 7.79. The molecule has 0 spiro atoms. The number of nitrogens with zero attached hydrogens (tertiary/aromatic N) is 5. The molecule has 0 radical (unpaired) electrons. The number of hydrogen-bond donors (Lipinski definition) is 0. The van der Waals surface area contributed by atoms with Crippen LogP contribution in [-0.2, 0) is 11.1 Å². The van der Waals surface area contributed by atoms with Gasteiger partial charge in [0, 0.05) is 20.1 Å². The minimum Gasteiger partial charge on any atom is -0.771 e. The lowest BCUT2D eigenvalue weighted by Gasteiger charge is -2.22. The maximum absolute atomic E-state index is 11.9. The number of carbonyl (C=O) groups excluding carboxylic acids is 1. The Morgan fingerprint density at radius 2 is 2.26 bits per heavy atom. The Labute approximate surface area is 113 Å². The maximum atomic E-state index is 11.9. The SMILES string of the molecule is CN(CCN(C)C(=O)n1cc(C#N)cn1)CS(=O)[O-]. The Balaban J connectivity index is 2.49. The van der Waals surface area contributed by atoms with Crippen LogP contribution in [0.3, 0.4) is 0 Å². The third-order valence-electron chi connectivity index (χ3n) is 2.38. The maximum Gasteiger partial charge on any atom is 0.344 e. The van der Waals surface area contributed by atoms with E-state index in [-0.39, 0.29) is 11.9 Å². The van der Waals surface area contributed by atoms with Gasteiger partial charge >= 0.3 is 6.03 Å². The number of amides is 1. The molecule has 9 heteroatoms. The van der Waals surface area contributed by atoms with E-state index in [9.17, 15) is 13.6 Å². The van der Waals surface area contributed by atoms with Crippen LogP contribution in [-0.4, -0.2) is 67.4 Å². The van der Waals surface area contributed by atoms with Gasteiger partial charge in [-0.15, -0.1) is 0 Å². The number of likely N-dealkylation sites (N-methyl/N-ethyl adjacent to an activating group) is 2. The second-order valence-electron chi connectivity index (χ2n) is 4.00. The minimum absolute atomic E-state index is 0.0810. The van der Waals surface area contributed by atoms with Gasteiger partial charge in [-0.25, -0.2) is 4.79 Å². The van der Waals surface area contributed by atoms with E-state index in [1.54, 1.807) is 19.0 Å². The van der Waals surface area contributed by atoms with Crippen molar-refractivity contribution >= 4 is 17.1 Å². The topological polar surface area (TPSA) is 105 Å². The van der Waals surface area contributed by atoms with E-state index in [2.05, 4.69) is 5.10 Å². The standard InChI is InChI=1S/C10H15N5O3S/c1-13(8-19(17)18)3-4-14(2)10(16)15-7-9(5-11)6-12-15/h6-7H,3-4,8H2,1-2H3,(H,17,18)/p-1. The van der Waals surface area contributed by atoms with Crippen molar-refractivity contribution < 1.29 is 13.6 Å². The summed E-state index contributed by atoms with van der Waals surface area (Å²) in [7, 11) is 3.23. The highest BCUT2D eigenvalue weighted by Crippen LogP contribution is 1.98. The molecule has 0 N–H and O–H groups in total. The van der Waals surface area contributed by atoms with E-state index in [1.165, 1.54) is 17.3 Å². The van der Waals surface area contributed by atoms with Gasteiger partial charge in [0.25, 0.3) is 0 Å². The quantitative estimate of drug-likeness (QED) is 0.670. The summed E-state index contributed by atoms with van der Waals surface area (Å²) in [5, 5.41) is 12.4. The van der Waals surface area contributed by atoms with Gasteiger partial charge in [0.2, 0.25) is 0 Å². The zero-order chi connectivity index (χ0) is 14.4. The number of rotatable bonds is 5. The van der Waals surface area contributed by atoms with Crippen molar-refractivity contribution in [3.63, 3.8) is 0 Å². The largest absolute Gasteiger partial charge is 0.771 e. The predicted molar refractivity (Wildman–Crippen MR) is 66.8 cm³/mol. The van der Waals surface area contributed by atoms with E-state index in [0.717, 1.165) is 4.68 Å². The Hall–Kier alpha value is -1.76. The lowest BCUT2D eigenvalue weighted by atomic mass is 10.4. The van der Waals surface area contributed by atoms with Crippen molar-refractivity contribution in [3.05, 3.63) is 18.0 Å². The Bertz CT molecular complexity index is 510. The summed E-state index contributed by atoms with van der Waals surface area (Å²) in [6.45, 7) is 0.775. The lowest BCUT2D eigenvalue weighted by molar-refractivity contribution is 0.201. The van der Waals surface area contributed by atoms with E-state index in [0.29, 0.717) is 18.7 Å². The zero-order valence-electron chi connectivity index (χ0n) is 10.6. The first-order valence-corrected chi connectivity index (χ1v) is 6.63. The molecule has 0 aliphatic rings. The molecule has 1 amide bonds. The Morgan fingerprint density at radius 3 is 2.79 bits per heavy atom. The van der Waals surface area contributed by atoms with Gasteiger partial charge in [-0.05, 0) is 18.1 Å². The van der Waals surface area contributed by atoms with E-state index >= 15 is 0 Å². The van der Waals surface area contributed by atoms with Crippen molar-refractivity contribution in [1.82, 2.24) is 19.6 Å². The van der Waals surface area contributed by atoms with Gasteiger partial charge in [0.05, 0.1) is 23.8 Å². The second-order valence-corrected chi connectivity index (χ2v) is 4.87. The van der Waals surface area contributed by atoms with Crippen LogP contribution < -0.4 is 0 Å². The van der Waals surface area contributed by atoms with Crippen LogP contribution in [0.4, 0.5) is 4.79 Å². The fraction of sp³-hybridized carbons (Fsp3) is 0.500. The molecule has 1 heterocycles. The first kappa shape index (κ1) is 15.3. The Morgan fingerprint density at radius 1 is 1.58 bits per heavy atom. The number of carbonyl (C=O) groups is 1. The fourth-order valence-corrected chi connectivity index (χ4v) is 1.81. The summed E-state index contributed by atoms with van der Waals surface area (Å²) in [4.78, 5) is 14.9. The molecule has 0 fully saturated rings. The van der Waals surface area contributed by atoms with E-state index < -0.39 is 11.1 Å². The molecular weight excluding hydrogens is 270 g/mol. The van der Waals surface area contributed by atoms with Gasteiger partial charge in [-0.1, -0.05) is 0 Å². The molecule has 0 bridgehead atoms. The van der Waals surface area contributed by atoms with Crippen LogP contribution in [0.25, 0.3) is 0 Å². The highest BCUT2D eigenvalue weighted by Gasteiger charge is 2.13. The predicted octanol–water partition coefficient (Wildman–Crippen LogP) is -0.577. The summed E-state index contributed by atoms with van der Waals surface area (Å²) >= 11 is -2.14. The van der Waals surface area contributed by atoms with E-state index in [4.69, 9.17) is 5.26 Å². The summed E-state index contributed by atoms with van der Waals surface area (Å²) in [6.07, 6.45) is 2.65. The van der Waals surface area contributed by atoms with Gasteiger partial charge in [-0.3, -0.25) is 9.11 Å². The van der Waals surface area contributed by atoms with Crippen molar-refractivity contribution in [3.8, 4) is 6.07 Å². The summed E-state index contributed by atoms with van der Waals surface area (Å²) in [5.41, 5.74) is 0.306. The number of hydrogen-bond acceptors (Lipinski definition) is 6. The molecule has 19 heavy (non-hydrogen) atoms. The van der Waals surface area contributed by atoms with Gasteiger partial charge in [0.1, 0.15) is 6.07 Å². The fourth-order valence-electron chi connectivity index (χ4n) is 1.32. The first-order chi connectivity index (χ1) is 8.93. The first-order valence-electron chi connectivity index (χ1n) is 5.38. The monoisotopic (exact) mass is 284 g/mol. The summed E-state index contributed by atoms with van der Waals surface area (Å²) < 4.78 is 22.0. The lowest BCUT2D eigenvalue weighted by Crippen LogP contribution is -2.38. The molecular formula is C10H14N5O3S-. The molecule has 1 aromatic heterocycles. The van der Waals surface area contributed by atoms with Crippen LogP contribution in [0.5, 0.6) is 0 Å². The third-order valence-corrected chi connectivity index (χ3v) is 3.03. The molecule has 8 nitrogen and oxygen atoms in total. The summed E-state index contributed by atoms with van der Waals surface area (Å²) in [5.74, 6) is -0.0810. The molecule has 0 saturated heterocycles. The van der Waals surface area contributed by atoms with Crippen molar-refractivity contribution in [2.24, 2.45) is 0 Å². The molecule has 0 aliphatic carbocycles. The summed E-state index contributed by atoms with van der Waals surface area (Å²) in [6, 6.07) is 1.51. The van der Waals surface area contributed by atoms with Gasteiger partial charge in [0.15, 0.2) is 0 Å². The van der Waals surface area contributed by atoms with Crippen molar-refractivity contribution in [2.75, 3.05) is 33.1 Å². The molecule has 104 valence electrons. The van der Waals surface area contributed by atoms with Crippen LogP contribution >= 0.6 is 0 Å². The smallest absolute Gasteiger partial charge is 0.344 e. The minimum atomic E-state index is -2.14. The highest BCUT2D eigenvalue weighted by atomic mass is 32.2. The normalized spacial score (nSPS) is 12.2. The number of aromatic nitrogens is 2. The van der Waals surface area contributed by atoms with Crippen molar-refractivity contribution in [2.45, 2.75) is 0 Å². The molecule has 1 aromatic rings. The molecule has 1 unspecified atom stereocenters. The average Bonchev–Trinajstić information content (AvgIpc) is 2.82. The molecule has 1 rings (SSSR count). The van der Waals surface area contributed by atoms with Gasteiger partial charge < -0.3 is 9.45 Å². The van der Waals surface area contributed by atoms with Gasteiger partial charge in [-0.2, -0.15) is 15.0 Å².